The lowest BCUT2D eigenvalue weighted by molar-refractivity contribution is 0.167. The summed E-state index contributed by atoms with van der Waals surface area (Å²) >= 11 is 0. The molecule has 0 aromatic heterocycles. The fourth-order valence-corrected chi connectivity index (χ4v) is 2.38. The molecular weight excluding hydrogens is 248 g/mol. The van der Waals surface area contributed by atoms with Gasteiger partial charge in [-0.3, -0.25) is 0 Å². The fourth-order valence-electron chi connectivity index (χ4n) is 2.38. The smallest absolute Gasteiger partial charge is 0.122 e. The minimum Gasteiger partial charge on any atom is -0.496 e. The third kappa shape index (κ3) is 3.61. The number of benzene rings is 2. The average molecular weight is 270 g/mol. The predicted molar refractivity (Wildman–Crippen MR) is 82.1 cm³/mol. The van der Waals surface area contributed by atoms with Gasteiger partial charge in [-0.05, 0) is 42.0 Å². The van der Waals surface area contributed by atoms with Crippen LogP contribution in [0.2, 0.25) is 0 Å². The Kier molecular flexibility index (Phi) is 5.19. The molecule has 0 fully saturated rings. The molecule has 2 nitrogen and oxygen atoms in total. The molecule has 20 heavy (non-hydrogen) atoms. The Morgan fingerprint density at radius 3 is 2.50 bits per heavy atom. The summed E-state index contributed by atoms with van der Waals surface area (Å²) in [4.78, 5) is 0. The molecule has 0 heterocycles. The Morgan fingerprint density at radius 2 is 1.85 bits per heavy atom. The van der Waals surface area contributed by atoms with Crippen LogP contribution in [0.4, 0.5) is 0 Å². The Bertz CT molecular complexity index is 534. The molecule has 0 aliphatic carbocycles. The van der Waals surface area contributed by atoms with Crippen molar-refractivity contribution in [2.45, 2.75) is 32.3 Å². The summed E-state index contributed by atoms with van der Waals surface area (Å²) in [6.45, 7) is 2.14. The molecule has 0 aliphatic heterocycles. The first-order chi connectivity index (χ1) is 9.74. The number of rotatable bonds is 6. The van der Waals surface area contributed by atoms with Crippen molar-refractivity contribution in [2.24, 2.45) is 0 Å². The highest BCUT2D eigenvalue weighted by Gasteiger charge is 2.10. The maximum Gasteiger partial charge on any atom is 0.122 e. The molecule has 2 rings (SSSR count). The van der Waals surface area contributed by atoms with Crippen LogP contribution in [0.15, 0.2) is 48.5 Å². The Balaban J connectivity index is 2.06. The highest BCUT2D eigenvalue weighted by Crippen LogP contribution is 2.25. The van der Waals surface area contributed by atoms with Gasteiger partial charge in [0.05, 0.1) is 13.2 Å². The molecule has 0 aliphatic rings. The SMILES string of the molecule is CCc1ccc(OC)c(CC[C@H](O)c2ccccc2)c1. The first-order valence-electron chi connectivity index (χ1n) is 7.13. The third-order valence-electron chi connectivity index (χ3n) is 3.62. The molecule has 1 atom stereocenters. The van der Waals surface area contributed by atoms with Crippen molar-refractivity contribution in [1.82, 2.24) is 0 Å². The Morgan fingerprint density at radius 1 is 1.10 bits per heavy atom. The fraction of sp³-hybridized carbons (Fsp3) is 0.333. The van der Waals surface area contributed by atoms with Gasteiger partial charge in [0.2, 0.25) is 0 Å². The summed E-state index contributed by atoms with van der Waals surface area (Å²) in [6, 6.07) is 16.1. The van der Waals surface area contributed by atoms with Crippen molar-refractivity contribution < 1.29 is 9.84 Å². The monoisotopic (exact) mass is 270 g/mol. The molecular formula is C18H22O2. The molecule has 2 aromatic rings. The lowest BCUT2D eigenvalue weighted by Crippen LogP contribution is -2.01. The maximum absolute atomic E-state index is 10.2. The van der Waals surface area contributed by atoms with E-state index >= 15 is 0 Å². The van der Waals surface area contributed by atoms with Crippen molar-refractivity contribution in [3.05, 3.63) is 65.2 Å². The number of hydrogen-bond acceptors (Lipinski definition) is 2. The second kappa shape index (κ2) is 7.11. The second-order valence-electron chi connectivity index (χ2n) is 4.96. The summed E-state index contributed by atoms with van der Waals surface area (Å²) in [5.74, 6) is 0.905. The summed E-state index contributed by atoms with van der Waals surface area (Å²) < 4.78 is 5.40. The Labute approximate surface area is 121 Å². The zero-order chi connectivity index (χ0) is 14.4. The van der Waals surface area contributed by atoms with Crippen LogP contribution >= 0.6 is 0 Å². The molecule has 106 valence electrons. The van der Waals surface area contributed by atoms with Crippen LogP contribution < -0.4 is 4.74 Å². The first-order valence-corrected chi connectivity index (χ1v) is 7.13. The van der Waals surface area contributed by atoms with E-state index in [1.165, 1.54) is 11.1 Å². The van der Waals surface area contributed by atoms with E-state index in [4.69, 9.17) is 4.74 Å². The maximum atomic E-state index is 10.2. The van der Waals surface area contributed by atoms with E-state index in [2.05, 4.69) is 19.1 Å². The van der Waals surface area contributed by atoms with Crippen LogP contribution in [-0.2, 0) is 12.8 Å². The minimum atomic E-state index is -0.425. The van der Waals surface area contributed by atoms with Crippen molar-refractivity contribution in [3.8, 4) is 5.75 Å². The molecule has 0 spiro atoms. The van der Waals surface area contributed by atoms with E-state index in [1.807, 2.05) is 36.4 Å². The van der Waals surface area contributed by atoms with Gasteiger partial charge in [0.25, 0.3) is 0 Å². The molecule has 1 N–H and O–H groups in total. The van der Waals surface area contributed by atoms with Crippen molar-refractivity contribution >= 4 is 0 Å². The van der Waals surface area contributed by atoms with Gasteiger partial charge < -0.3 is 9.84 Å². The van der Waals surface area contributed by atoms with Gasteiger partial charge in [0.15, 0.2) is 0 Å². The van der Waals surface area contributed by atoms with Crippen LogP contribution in [0.3, 0.4) is 0 Å². The molecule has 0 saturated carbocycles. The standard InChI is InChI=1S/C18H22O2/c1-3-14-9-12-18(20-2)16(13-14)10-11-17(19)15-7-5-4-6-8-15/h4-9,12-13,17,19H,3,10-11H2,1-2H3/t17-/m0/s1. The number of methoxy groups -OCH3 is 1. The molecule has 0 amide bonds. The minimum absolute atomic E-state index is 0.425. The second-order valence-corrected chi connectivity index (χ2v) is 4.96. The van der Waals surface area contributed by atoms with Crippen LogP contribution in [-0.4, -0.2) is 12.2 Å². The van der Waals surface area contributed by atoms with E-state index in [0.717, 1.165) is 24.2 Å². The van der Waals surface area contributed by atoms with Crippen LogP contribution in [0.25, 0.3) is 0 Å². The van der Waals surface area contributed by atoms with Gasteiger partial charge in [0.1, 0.15) is 5.75 Å². The van der Waals surface area contributed by atoms with E-state index in [-0.39, 0.29) is 0 Å². The van der Waals surface area contributed by atoms with E-state index in [1.54, 1.807) is 7.11 Å². The zero-order valence-electron chi connectivity index (χ0n) is 12.2. The molecule has 2 aromatic carbocycles. The van der Waals surface area contributed by atoms with Crippen LogP contribution in [0, 0.1) is 0 Å². The highest BCUT2D eigenvalue weighted by atomic mass is 16.5. The van der Waals surface area contributed by atoms with Gasteiger partial charge in [-0.2, -0.15) is 0 Å². The van der Waals surface area contributed by atoms with Crippen LogP contribution in [0.1, 0.15) is 36.1 Å². The van der Waals surface area contributed by atoms with Crippen molar-refractivity contribution in [3.63, 3.8) is 0 Å². The Hall–Kier alpha value is -1.80. The van der Waals surface area contributed by atoms with Gasteiger partial charge in [-0.25, -0.2) is 0 Å². The predicted octanol–water partition coefficient (Wildman–Crippen LogP) is 3.92. The third-order valence-corrected chi connectivity index (χ3v) is 3.62. The number of aliphatic hydroxyl groups excluding tert-OH is 1. The highest BCUT2D eigenvalue weighted by molar-refractivity contribution is 5.37. The molecule has 0 saturated heterocycles. The van der Waals surface area contributed by atoms with Crippen LogP contribution in [0.5, 0.6) is 5.75 Å². The normalized spacial score (nSPS) is 12.2. The van der Waals surface area contributed by atoms with E-state index < -0.39 is 6.10 Å². The summed E-state index contributed by atoms with van der Waals surface area (Å²) in [6.07, 6.45) is 2.10. The van der Waals surface area contributed by atoms with Crippen molar-refractivity contribution in [1.29, 1.82) is 0 Å². The molecule has 0 unspecified atom stereocenters. The number of ether oxygens (including phenoxy) is 1. The zero-order valence-corrected chi connectivity index (χ0v) is 12.2. The van der Waals surface area contributed by atoms with Gasteiger partial charge in [0, 0.05) is 0 Å². The van der Waals surface area contributed by atoms with Gasteiger partial charge >= 0.3 is 0 Å². The topological polar surface area (TPSA) is 29.5 Å². The molecule has 0 bridgehead atoms. The average Bonchev–Trinajstić information content (AvgIpc) is 2.53. The largest absolute Gasteiger partial charge is 0.496 e. The number of aliphatic hydroxyl groups is 1. The van der Waals surface area contributed by atoms with Crippen molar-refractivity contribution in [2.75, 3.05) is 7.11 Å². The van der Waals surface area contributed by atoms with E-state index in [0.29, 0.717) is 6.42 Å². The number of aryl methyl sites for hydroxylation is 2. The summed E-state index contributed by atoms with van der Waals surface area (Å²) in [5.41, 5.74) is 3.44. The number of hydrogen-bond donors (Lipinski definition) is 1. The lowest BCUT2D eigenvalue weighted by Gasteiger charge is -2.14. The lowest BCUT2D eigenvalue weighted by atomic mass is 9.99. The van der Waals surface area contributed by atoms with Gasteiger partial charge in [-0.15, -0.1) is 0 Å². The molecule has 0 radical (unpaired) electrons. The van der Waals surface area contributed by atoms with Gasteiger partial charge in [-0.1, -0.05) is 49.4 Å². The first kappa shape index (κ1) is 14.6. The quantitative estimate of drug-likeness (QED) is 0.862. The summed E-state index contributed by atoms with van der Waals surface area (Å²) in [5, 5.41) is 10.2. The molecule has 2 heteroatoms. The summed E-state index contributed by atoms with van der Waals surface area (Å²) in [7, 11) is 1.69. The van der Waals surface area contributed by atoms with E-state index in [9.17, 15) is 5.11 Å².